The quantitative estimate of drug-likeness (QED) is 0.0349. The van der Waals surface area contributed by atoms with E-state index in [9.17, 15) is 38.3 Å². The summed E-state index contributed by atoms with van der Waals surface area (Å²) >= 11 is 0. The third-order valence-electron chi connectivity index (χ3n) is 8.41. The molecule has 0 heterocycles. The summed E-state index contributed by atoms with van der Waals surface area (Å²) in [5.74, 6) is -3.62. The number of fused-ring (bicyclic) bond motifs is 1. The molecule has 3 N–H and O–H groups in total. The number of carboxylic acids is 2. The van der Waals surface area contributed by atoms with Crippen molar-refractivity contribution in [3.05, 3.63) is 154 Å². The van der Waals surface area contributed by atoms with Crippen molar-refractivity contribution in [1.29, 1.82) is 0 Å². The molecule has 0 unspecified atom stereocenters. The molecular weight excluding hydrogens is 648 g/mol. The Morgan fingerprint density at radius 2 is 1.29 bits per heavy atom. The normalized spacial score (nSPS) is 13.1. The maximum atomic E-state index is 12.9. The molecule has 5 rings (SSSR count). The minimum atomic E-state index is -4.28. The highest BCUT2D eigenvalue weighted by Crippen LogP contribution is 2.38. The summed E-state index contributed by atoms with van der Waals surface area (Å²) in [5.41, 5.74) is 0.922. The van der Waals surface area contributed by atoms with Crippen LogP contribution >= 0.6 is 0 Å². The van der Waals surface area contributed by atoms with Crippen molar-refractivity contribution in [2.45, 2.75) is 35.7 Å². The highest BCUT2D eigenvalue weighted by molar-refractivity contribution is 7.86. The smallest absolute Gasteiger partial charge is 0.320 e. The average molecular weight is 683 g/mol. The number of nitrogens with zero attached hydrogens (tertiary/aromatic N) is 1. The second kappa shape index (κ2) is 15.2. The number of nitro groups is 1. The summed E-state index contributed by atoms with van der Waals surface area (Å²) in [6.45, 7) is -0.355. The first-order chi connectivity index (χ1) is 23.5. The van der Waals surface area contributed by atoms with E-state index in [1.807, 2.05) is 91.0 Å². The Morgan fingerprint density at radius 3 is 1.78 bits per heavy atom. The predicted molar refractivity (Wildman–Crippen MR) is 182 cm³/mol. The maximum Gasteiger partial charge on any atom is 0.320 e. The van der Waals surface area contributed by atoms with E-state index in [0.717, 1.165) is 16.7 Å². The monoisotopic (exact) mass is 682 g/mol. The van der Waals surface area contributed by atoms with E-state index in [1.54, 1.807) is 0 Å². The van der Waals surface area contributed by atoms with Gasteiger partial charge in [-0.15, -0.1) is 0 Å². The van der Waals surface area contributed by atoms with Crippen LogP contribution in [0.2, 0.25) is 0 Å². The van der Waals surface area contributed by atoms with Crippen LogP contribution in [0.15, 0.2) is 132 Å². The number of nitrogens with one attached hydrogen (secondary N) is 1. The fourth-order valence-electron chi connectivity index (χ4n) is 5.97. The lowest BCUT2D eigenvalue weighted by atomic mass is 9.76. The van der Waals surface area contributed by atoms with Crippen LogP contribution in [-0.2, 0) is 29.4 Å². The molecule has 5 aromatic rings. The molecule has 5 aromatic carbocycles. The molecule has 11 nitrogen and oxygen atoms in total. The summed E-state index contributed by atoms with van der Waals surface area (Å²) in [4.78, 5) is 35.6. The van der Waals surface area contributed by atoms with Crippen LogP contribution in [0, 0.1) is 16.0 Å². The molecule has 0 spiro atoms. The summed E-state index contributed by atoms with van der Waals surface area (Å²) in [5, 5.41) is 36.0. The minimum Gasteiger partial charge on any atom is -0.481 e. The van der Waals surface area contributed by atoms with Gasteiger partial charge >= 0.3 is 11.9 Å². The van der Waals surface area contributed by atoms with Gasteiger partial charge in [0, 0.05) is 12.1 Å². The molecule has 0 aliphatic rings. The number of rotatable bonds is 16. The molecule has 0 saturated heterocycles. The van der Waals surface area contributed by atoms with Crippen LogP contribution in [-0.4, -0.2) is 48.1 Å². The van der Waals surface area contributed by atoms with Crippen molar-refractivity contribution in [3.63, 3.8) is 0 Å². The van der Waals surface area contributed by atoms with Crippen molar-refractivity contribution >= 4 is 38.5 Å². The van der Waals surface area contributed by atoms with Gasteiger partial charge in [0.15, 0.2) is 0 Å². The van der Waals surface area contributed by atoms with Crippen molar-refractivity contribution < 1.29 is 37.3 Å². The SMILES string of the molecule is O=C(O)[C@@H](CCCOS(=O)(=O)c1ccc2ccc([N+](=O)[O-])cc2c1)C[C@@H](NC(c1ccccc1)(c1ccccc1)c1ccccc1)C(=O)O. The Morgan fingerprint density at radius 1 is 0.755 bits per heavy atom. The zero-order valence-electron chi connectivity index (χ0n) is 26.2. The van der Waals surface area contributed by atoms with E-state index >= 15 is 0 Å². The van der Waals surface area contributed by atoms with E-state index < -0.39 is 44.5 Å². The van der Waals surface area contributed by atoms with Crippen LogP contribution in [0.25, 0.3) is 10.8 Å². The Hall–Kier alpha value is -5.43. The summed E-state index contributed by atoms with van der Waals surface area (Å²) < 4.78 is 31.1. The van der Waals surface area contributed by atoms with Crippen molar-refractivity contribution in [2.75, 3.05) is 6.61 Å². The largest absolute Gasteiger partial charge is 0.481 e. The van der Waals surface area contributed by atoms with Gasteiger partial charge in [-0.1, -0.05) is 97.1 Å². The van der Waals surface area contributed by atoms with Gasteiger partial charge in [-0.2, -0.15) is 8.42 Å². The molecule has 49 heavy (non-hydrogen) atoms. The summed E-state index contributed by atoms with van der Waals surface area (Å²) in [6.07, 6.45) is -0.354. The molecule has 2 atom stereocenters. The number of carboxylic acid groups (broad SMARTS) is 2. The standard InChI is InChI=1S/C37H34N2O9S/c40-35(41)27(11-10-22-48-49(46,47)33-21-19-26-18-20-32(39(44)45)23-28(26)24-33)25-34(36(42)43)38-37(29-12-4-1-5-13-29,30-14-6-2-7-15-30)31-16-8-3-9-17-31/h1-9,12-21,23-24,27,34,38H,10-11,22,25H2,(H,40,41)(H,42,43)/t27-,34+/m0/s1. The molecule has 0 amide bonds. The van der Waals surface area contributed by atoms with Gasteiger partial charge in [0.1, 0.15) is 6.04 Å². The summed E-state index contributed by atoms with van der Waals surface area (Å²) in [6, 6.07) is 34.9. The Kier molecular flexibility index (Phi) is 10.8. The van der Waals surface area contributed by atoms with Crippen molar-refractivity contribution in [2.24, 2.45) is 5.92 Å². The van der Waals surface area contributed by atoms with Crippen LogP contribution in [0.1, 0.15) is 36.0 Å². The first-order valence-electron chi connectivity index (χ1n) is 15.5. The number of carbonyl (C=O) groups is 2. The second-order valence-corrected chi connectivity index (χ2v) is 13.1. The molecule has 12 heteroatoms. The molecule has 0 aromatic heterocycles. The highest BCUT2D eigenvalue weighted by Gasteiger charge is 2.41. The lowest BCUT2D eigenvalue weighted by Gasteiger charge is -2.39. The van der Waals surface area contributed by atoms with Gasteiger partial charge < -0.3 is 10.2 Å². The van der Waals surface area contributed by atoms with Gasteiger partial charge in [-0.25, -0.2) is 0 Å². The number of hydrogen-bond donors (Lipinski definition) is 3. The van der Waals surface area contributed by atoms with E-state index in [1.165, 1.54) is 36.4 Å². The minimum absolute atomic E-state index is 0.00277. The molecular formula is C37H34N2O9S. The van der Waals surface area contributed by atoms with Crippen LogP contribution in [0.4, 0.5) is 5.69 Å². The fraction of sp³-hybridized carbons (Fsp3) is 0.189. The lowest BCUT2D eigenvalue weighted by molar-refractivity contribution is -0.384. The zero-order valence-corrected chi connectivity index (χ0v) is 27.0. The molecule has 0 bridgehead atoms. The van der Waals surface area contributed by atoms with Crippen molar-refractivity contribution in [3.8, 4) is 0 Å². The number of non-ortho nitro benzene ring substituents is 1. The maximum absolute atomic E-state index is 12.9. The van der Waals surface area contributed by atoms with Gasteiger partial charge in [-0.3, -0.25) is 29.2 Å². The van der Waals surface area contributed by atoms with Crippen LogP contribution in [0.3, 0.4) is 0 Å². The van der Waals surface area contributed by atoms with E-state index in [2.05, 4.69) is 5.32 Å². The Bertz CT molecular complexity index is 1940. The number of hydrogen-bond acceptors (Lipinski definition) is 8. The van der Waals surface area contributed by atoms with Gasteiger partial charge in [0.2, 0.25) is 0 Å². The topological polar surface area (TPSA) is 173 Å². The predicted octanol–water partition coefficient (Wildman–Crippen LogP) is 6.36. The van der Waals surface area contributed by atoms with Crippen LogP contribution in [0.5, 0.6) is 0 Å². The van der Waals surface area contributed by atoms with Gasteiger partial charge in [-0.05, 0) is 64.9 Å². The molecule has 0 saturated carbocycles. The van der Waals surface area contributed by atoms with Crippen LogP contribution < -0.4 is 5.32 Å². The van der Waals surface area contributed by atoms with E-state index in [-0.39, 0.29) is 36.5 Å². The van der Waals surface area contributed by atoms with Gasteiger partial charge in [0.25, 0.3) is 15.8 Å². The van der Waals surface area contributed by atoms with E-state index in [0.29, 0.717) is 10.8 Å². The lowest BCUT2D eigenvalue weighted by Crippen LogP contribution is -2.53. The average Bonchev–Trinajstić information content (AvgIpc) is 3.11. The second-order valence-electron chi connectivity index (χ2n) is 11.5. The fourth-order valence-corrected chi connectivity index (χ4v) is 6.95. The molecule has 252 valence electrons. The third-order valence-corrected chi connectivity index (χ3v) is 9.72. The zero-order chi connectivity index (χ0) is 35.0. The van der Waals surface area contributed by atoms with E-state index in [4.69, 9.17) is 4.18 Å². The first-order valence-corrected chi connectivity index (χ1v) is 16.9. The molecule has 0 aliphatic heterocycles. The Balaban J connectivity index is 1.35. The number of benzene rings is 5. The number of aliphatic carboxylic acids is 2. The molecule has 0 fully saturated rings. The van der Waals surface area contributed by atoms with Gasteiger partial charge in [0.05, 0.1) is 27.9 Å². The number of nitro benzene ring substituents is 1. The molecule has 0 aliphatic carbocycles. The van der Waals surface area contributed by atoms with Crippen molar-refractivity contribution in [1.82, 2.24) is 5.32 Å². The first kappa shape index (κ1) is 34.9. The Labute approximate surface area is 283 Å². The third kappa shape index (κ3) is 8.00. The summed E-state index contributed by atoms with van der Waals surface area (Å²) in [7, 11) is -4.28. The molecule has 0 radical (unpaired) electrons. The highest BCUT2D eigenvalue weighted by atomic mass is 32.2.